The van der Waals surface area contributed by atoms with E-state index in [1.807, 2.05) is 21.6 Å². The van der Waals surface area contributed by atoms with Gasteiger partial charge in [-0.3, -0.25) is 0 Å². The van der Waals surface area contributed by atoms with Crippen LogP contribution in [0.3, 0.4) is 0 Å². The van der Waals surface area contributed by atoms with Gasteiger partial charge in [-0.15, -0.1) is 0 Å². The number of rotatable bonds is 0. The number of hydrogen-bond donors (Lipinski definition) is 0. The van der Waals surface area contributed by atoms with Gasteiger partial charge < -0.3 is 0 Å². The first-order valence-electron chi connectivity index (χ1n) is 3.32. The molecule has 0 amide bonds. The van der Waals surface area contributed by atoms with E-state index in [0.717, 1.165) is 0 Å². The summed E-state index contributed by atoms with van der Waals surface area (Å²) in [5, 5.41) is 0. The van der Waals surface area contributed by atoms with Gasteiger partial charge in [0.05, 0.1) is 0 Å². The minimum atomic E-state index is 1.36. The lowest BCUT2D eigenvalue weighted by atomic mass is 10.6. The van der Waals surface area contributed by atoms with Crippen molar-refractivity contribution < 1.29 is 0 Å². The SMILES string of the molecule is C1CSCCCSSC1. The highest BCUT2D eigenvalue weighted by Gasteiger charge is 1.96. The van der Waals surface area contributed by atoms with Gasteiger partial charge >= 0.3 is 0 Å². The third kappa shape index (κ3) is 4.45. The van der Waals surface area contributed by atoms with Crippen molar-refractivity contribution >= 4 is 33.3 Å². The topological polar surface area (TPSA) is 0 Å². The van der Waals surface area contributed by atoms with Crippen LogP contribution >= 0.6 is 33.3 Å². The lowest BCUT2D eigenvalue weighted by molar-refractivity contribution is 1.10. The van der Waals surface area contributed by atoms with Crippen LogP contribution < -0.4 is 0 Å². The van der Waals surface area contributed by atoms with Crippen LogP contribution in [0.25, 0.3) is 0 Å². The number of thioether (sulfide) groups is 1. The first-order chi connectivity index (χ1) is 4.50. The van der Waals surface area contributed by atoms with E-state index in [-0.39, 0.29) is 0 Å². The van der Waals surface area contributed by atoms with E-state index >= 15 is 0 Å². The molecule has 0 radical (unpaired) electrons. The summed E-state index contributed by atoms with van der Waals surface area (Å²) in [6, 6.07) is 0. The zero-order chi connectivity index (χ0) is 6.36. The van der Waals surface area contributed by atoms with Crippen LogP contribution in [-0.2, 0) is 0 Å². The average molecular weight is 180 g/mol. The molecule has 0 atom stereocenters. The van der Waals surface area contributed by atoms with Gasteiger partial charge in [0.1, 0.15) is 0 Å². The quantitative estimate of drug-likeness (QED) is 0.526. The normalized spacial score (nSPS) is 24.0. The van der Waals surface area contributed by atoms with Gasteiger partial charge in [-0.1, -0.05) is 21.6 Å². The largest absolute Gasteiger partial charge is 0.162 e. The Morgan fingerprint density at radius 1 is 0.667 bits per heavy atom. The Morgan fingerprint density at radius 3 is 1.78 bits per heavy atom. The van der Waals surface area contributed by atoms with Crippen LogP contribution in [0.1, 0.15) is 12.8 Å². The van der Waals surface area contributed by atoms with Crippen molar-refractivity contribution in [2.75, 3.05) is 23.0 Å². The summed E-state index contributed by atoms with van der Waals surface area (Å²) >= 11 is 2.12. The molecule has 0 unspecified atom stereocenters. The van der Waals surface area contributed by atoms with Crippen molar-refractivity contribution in [3.63, 3.8) is 0 Å². The lowest BCUT2D eigenvalue weighted by Crippen LogP contribution is -1.83. The van der Waals surface area contributed by atoms with E-state index in [1.54, 1.807) is 0 Å². The van der Waals surface area contributed by atoms with Gasteiger partial charge in [-0.25, -0.2) is 0 Å². The Hall–Kier alpha value is 1.05. The van der Waals surface area contributed by atoms with Crippen LogP contribution in [0.5, 0.6) is 0 Å². The highest BCUT2D eigenvalue weighted by molar-refractivity contribution is 8.76. The molecule has 1 aliphatic rings. The predicted molar refractivity (Wildman–Crippen MR) is 51.5 cm³/mol. The molecule has 0 saturated carbocycles. The molecular weight excluding hydrogens is 168 g/mol. The van der Waals surface area contributed by atoms with E-state index in [0.29, 0.717) is 0 Å². The zero-order valence-corrected chi connectivity index (χ0v) is 7.92. The highest BCUT2D eigenvalue weighted by atomic mass is 33.1. The van der Waals surface area contributed by atoms with Crippen molar-refractivity contribution in [1.82, 2.24) is 0 Å². The minimum Gasteiger partial charge on any atom is -0.162 e. The molecule has 9 heavy (non-hydrogen) atoms. The maximum absolute atomic E-state index is 2.12. The van der Waals surface area contributed by atoms with Crippen LogP contribution in [-0.4, -0.2) is 23.0 Å². The number of hydrogen-bond acceptors (Lipinski definition) is 3. The van der Waals surface area contributed by atoms with Crippen molar-refractivity contribution in [3.8, 4) is 0 Å². The van der Waals surface area contributed by atoms with Crippen LogP contribution in [0.15, 0.2) is 0 Å². The molecule has 0 spiro atoms. The van der Waals surface area contributed by atoms with Gasteiger partial charge in [-0.05, 0) is 24.3 Å². The third-order valence-electron chi connectivity index (χ3n) is 1.12. The molecule has 1 aliphatic heterocycles. The molecule has 3 heteroatoms. The van der Waals surface area contributed by atoms with Crippen LogP contribution in [0.2, 0.25) is 0 Å². The molecule has 1 rings (SSSR count). The molecule has 54 valence electrons. The van der Waals surface area contributed by atoms with E-state index in [2.05, 4.69) is 11.8 Å². The second-order valence-corrected chi connectivity index (χ2v) is 5.89. The average Bonchev–Trinajstić information content (AvgIpc) is 2.00. The zero-order valence-electron chi connectivity index (χ0n) is 5.47. The Bertz CT molecular complexity index is 36.8. The van der Waals surface area contributed by atoms with Gasteiger partial charge in [0, 0.05) is 11.5 Å². The molecule has 1 saturated heterocycles. The highest BCUT2D eigenvalue weighted by Crippen LogP contribution is 2.25. The monoisotopic (exact) mass is 180 g/mol. The predicted octanol–water partition coefficient (Wildman–Crippen LogP) is 2.89. The van der Waals surface area contributed by atoms with E-state index in [9.17, 15) is 0 Å². The summed E-state index contributed by atoms with van der Waals surface area (Å²) in [5.74, 6) is 5.48. The maximum Gasteiger partial charge on any atom is 0.00447 e. The standard InChI is InChI=1S/C6H12S3/c1-3-7-4-2-6-9-8-5-1/h1-6H2. The third-order valence-corrected chi connectivity index (χ3v) is 4.85. The first kappa shape index (κ1) is 8.15. The molecule has 0 aliphatic carbocycles. The summed E-state index contributed by atoms with van der Waals surface area (Å²) in [7, 11) is 4.09. The summed E-state index contributed by atoms with van der Waals surface area (Å²) in [6.07, 6.45) is 2.81. The summed E-state index contributed by atoms with van der Waals surface area (Å²) in [6.45, 7) is 0. The lowest BCUT2D eigenvalue weighted by Gasteiger charge is -1.93. The van der Waals surface area contributed by atoms with Crippen molar-refractivity contribution in [2.45, 2.75) is 12.8 Å². The van der Waals surface area contributed by atoms with Crippen molar-refractivity contribution in [2.24, 2.45) is 0 Å². The molecular formula is C6H12S3. The minimum absolute atomic E-state index is 1.36. The molecule has 1 fully saturated rings. The summed E-state index contributed by atoms with van der Waals surface area (Å²) < 4.78 is 0. The Balaban J connectivity index is 2.02. The second kappa shape index (κ2) is 5.81. The Morgan fingerprint density at radius 2 is 1.22 bits per heavy atom. The summed E-state index contributed by atoms with van der Waals surface area (Å²) in [4.78, 5) is 0. The fraction of sp³-hybridized carbons (Fsp3) is 1.00. The Labute approximate surface area is 69.3 Å². The van der Waals surface area contributed by atoms with Gasteiger partial charge in [-0.2, -0.15) is 11.8 Å². The van der Waals surface area contributed by atoms with E-state index < -0.39 is 0 Å². The van der Waals surface area contributed by atoms with Gasteiger partial charge in [0.2, 0.25) is 0 Å². The van der Waals surface area contributed by atoms with Gasteiger partial charge in [0.25, 0.3) is 0 Å². The first-order valence-corrected chi connectivity index (χ1v) is 6.96. The molecule has 0 aromatic rings. The molecule has 0 aromatic heterocycles. The fourth-order valence-corrected chi connectivity index (χ4v) is 4.10. The van der Waals surface area contributed by atoms with Gasteiger partial charge in [0.15, 0.2) is 0 Å². The van der Waals surface area contributed by atoms with Crippen LogP contribution in [0, 0.1) is 0 Å². The van der Waals surface area contributed by atoms with E-state index in [1.165, 1.54) is 35.9 Å². The molecule has 0 aromatic carbocycles. The maximum atomic E-state index is 2.12. The molecule has 0 N–H and O–H groups in total. The van der Waals surface area contributed by atoms with Crippen LogP contribution in [0.4, 0.5) is 0 Å². The molecule has 0 nitrogen and oxygen atoms in total. The molecule has 1 heterocycles. The molecule has 0 bridgehead atoms. The van der Waals surface area contributed by atoms with Crippen molar-refractivity contribution in [3.05, 3.63) is 0 Å². The smallest absolute Gasteiger partial charge is 0.00447 e. The summed E-state index contributed by atoms with van der Waals surface area (Å²) in [5.41, 5.74) is 0. The van der Waals surface area contributed by atoms with Crippen molar-refractivity contribution in [1.29, 1.82) is 0 Å². The Kier molecular flexibility index (Phi) is 5.26. The fourth-order valence-electron chi connectivity index (χ4n) is 0.660. The second-order valence-electron chi connectivity index (χ2n) is 1.96. The van der Waals surface area contributed by atoms with E-state index in [4.69, 9.17) is 0 Å².